The fraction of sp³-hybridized carbons (Fsp3) is 0.471. The Morgan fingerprint density at radius 1 is 1.25 bits per heavy atom. The van der Waals surface area contributed by atoms with E-state index in [0.717, 1.165) is 33.6 Å². The highest BCUT2D eigenvalue weighted by molar-refractivity contribution is 8.18. The molecule has 2 amide bonds. The number of aromatic nitrogens is 1. The quantitative estimate of drug-likeness (QED) is 0.616. The van der Waals surface area contributed by atoms with Crippen molar-refractivity contribution in [1.29, 1.82) is 0 Å². The van der Waals surface area contributed by atoms with Crippen molar-refractivity contribution in [2.24, 2.45) is 0 Å². The first-order valence-electron chi connectivity index (χ1n) is 7.72. The molecular weight excluding hydrogens is 328 g/mol. The van der Waals surface area contributed by atoms with E-state index in [4.69, 9.17) is 0 Å². The largest absolute Gasteiger partial charge is 0.467 e. The van der Waals surface area contributed by atoms with Crippen LogP contribution in [-0.2, 0) is 14.3 Å². The van der Waals surface area contributed by atoms with Gasteiger partial charge >= 0.3 is 5.97 Å². The van der Waals surface area contributed by atoms with E-state index in [1.165, 1.54) is 14.0 Å². The predicted octanol–water partition coefficient (Wildman–Crippen LogP) is 3.28. The summed E-state index contributed by atoms with van der Waals surface area (Å²) in [4.78, 5) is 37.5. The van der Waals surface area contributed by atoms with E-state index in [-0.39, 0.29) is 0 Å². The molecule has 0 aliphatic carbocycles. The second-order valence-corrected chi connectivity index (χ2v) is 7.03. The Morgan fingerprint density at radius 2 is 1.88 bits per heavy atom. The maximum atomic E-state index is 12.5. The second-order valence-electron chi connectivity index (χ2n) is 6.04. The van der Waals surface area contributed by atoms with Gasteiger partial charge < -0.3 is 9.30 Å². The van der Waals surface area contributed by atoms with Gasteiger partial charge in [-0.25, -0.2) is 4.79 Å². The highest BCUT2D eigenvalue weighted by Crippen LogP contribution is 2.35. The third kappa shape index (κ3) is 3.13. The number of carbonyl (C=O) groups excluding carboxylic acids is 3. The fourth-order valence-electron chi connectivity index (χ4n) is 2.97. The molecule has 1 aliphatic rings. The minimum Gasteiger partial charge on any atom is -0.467 e. The molecule has 1 aromatic heterocycles. The first-order chi connectivity index (χ1) is 11.2. The van der Waals surface area contributed by atoms with Crippen molar-refractivity contribution in [2.45, 2.75) is 46.7 Å². The predicted molar refractivity (Wildman–Crippen MR) is 93.6 cm³/mol. The summed E-state index contributed by atoms with van der Waals surface area (Å²) in [6.45, 7) is 9.66. The number of rotatable bonds is 4. The molecule has 1 saturated heterocycles. The zero-order chi connectivity index (χ0) is 18.2. The summed E-state index contributed by atoms with van der Waals surface area (Å²) >= 11 is 0.847. The molecule has 1 atom stereocenters. The van der Waals surface area contributed by atoms with Gasteiger partial charge in [-0.15, -0.1) is 0 Å². The molecule has 0 saturated carbocycles. The van der Waals surface area contributed by atoms with Crippen LogP contribution in [-0.4, -0.2) is 39.7 Å². The number of imide groups is 1. The molecule has 0 spiro atoms. The van der Waals surface area contributed by atoms with Gasteiger partial charge in [0.15, 0.2) is 0 Å². The number of methoxy groups -OCH3 is 1. The van der Waals surface area contributed by atoms with Gasteiger partial charge in [0.2, 0.25) is 0 Å². The van der Waals surface area contributed by atoms with Gasteiger partial charge in [-0.2, -0.15) is 0 Å². The van der Waals surface area contributed by atoms with Gasteiger partial charge in [0, 0.05) is 17.4 Å². The Morgan fingerprint density at radius 3 is 2.38 bits per heavy atom. The zero-order valence-corrected chi connectivity index (χ0v) is 15.6. The van der Waals surface area contributed by atoms with Crippen LogP contribution in [0.2, 0.25) is 0 Å². The Labute approximate surface area is 145 Å². The molecule has 1 aromatic rings. The van der Waals surface area contributed by atoms with Crippen molar-refractivity contribution in [1.82, 2.24) is 9.47 Å². The van der Waals surface area contributed by atoms with Gasteiger partial charge in [-0.1, -0.05) is 0 Å². The van der Waals surface area contributed by atoms with Crippen LogP contribution in [0, 0.1) is 13.8 Å². The number of ether oxygens (including phenoxy) is 1. The standard InChI is InChI=1S/C17H22N2O4S/c1-9(2)18-10(3)7-13(11(18)4)8-14-15(20)19(17(22)24-14)12(5)16(21)23-6/h7-9,12H,1-6H3/b14-8-/t12-/m0/s1. The number of hydrogen-bond acceptors (Lipinski definition) is 5. The second kappa shape index (κ2) is 6.84. The summed E-state index contributed by atoms with van der Waals surface area (Å²) in [6, 6.07) is 1.37. The first kappa shape index (κ1) is 18.3. The fourth-order valence-corrected chi connectivity index (χ4v) is 3.87. The maximum absolute atomic E-state index is 12.5. The number of hydrogen-bond donors (Lipinski definition) is 0. The Hall–Kier alpha value is -2.02. The van der Waals surface area contributed by atoms with Crippen LogP contribution in [0.4, 0.5) is 4.79 Å². The van der Waals surface area contributed by atoms with E-state index in [9.17, 15) is 14.4 Å². The van der Waals surface area contributed by atoms with Crippen LogP contribution in [0.25, 0.3) is 6.08 Å². The average Bonchev–Trinajstić information content (AvgIpc) is 2.94. The molecule has 1 fully saturated rings. The third-order valence-electron chi connectivity index (χ3n) is 4.08. The van der Waals surface area contributed by atoms with Crippen molar-refractivity contribution in [2.75, 3.05) is 7.11 Å². The van der Waals surface area contributed by atoms with E-state index in [2.05, 4.69) is 23.2 Å². The van der Waals surface area contributed by atoms with E-state index in [1.54, 1.807) is 6.08 Å². The highest BCUT2D eigenvalue weighted by atomic mass is 32.2. The number of esters is 1. The molecule has 0 aromatic carbocycles. The lowest BCUT2D eigenvalue weighted by molar-refractivity contribution is -0.148. The molecular formula is C17H22N2O4S. The van der Waals surface area contributed by atoms with Gasteiger partial charge in [0.1, 0.15) is 6.04 Å². The lowest BCUT2D eigenvalue weighted by Gasteiger charge is -2.18. The number of thioether (sulfide) groups is 1. The van der Waals surface area contributed by atoms with Crippen LogP contribution < -0.4 is 0 Å². The van der Waals surface area contributed by atoms with Gasteiger partial charge in [-0.3, -0.25) is 14.5 Å². The summed E-state index contributed by atoms with van der Waals surface area (Å²) in [6.07, 6.45) is 1.72. The summed E-state index contributed by atoms with van der Waals surface area (Å²) in [5.74, 6) is -1.08. The van der Waals surface area contributed by atoms with E-state index in [1.807, 2.05) is 19.9 Å². The molecule has 0 bridgehead atoms. The molecule has 130 valence electrons. The molecule has 6 nitrogen and oxygen atoms in total. The maximum Gasteiger partial charge on any atom is 0.328 e. The van der Waals surface area contributed by atoms with Crippen LogP contribution in [0.15, 0.2) is 11.0 Å². The molecule has 1 aliphatic heterocycles. The van der Waals surface area contributed by atoms with E-state index >= 15 is 0 Å². The number of aryl methyl sites for hydroxylation is 1. The first-order valence-corrected chi connectivity index (χ1v) is 8.54. The van der Waals surface area contributed by atoms with Crippen molar-refractivity contribution in [3.63, 3.8) is 0 Å². The smallest absolute Gasteiger partial charge is 0.328 e. The lowest BCUT2D eigenvalue weighted by atomic mass is 10.2. The summed E-state index contributed by atoms with van der Waals surface area (Å²) in [7, 11) is 1.23. The number of nitrogens with zero attached hydrogens (tertiary/aromatic N) is 2. The van der Waals surface area contributed by atoms with E-state index in [0.29, 0.717) is 10.9 Å². The van der Waals surface area contributed by atoms with Crippen molar-refractivity contribution < 1.29 is 19.1 Å². The monoisotopic (exact) mass is 350 g/mol. The highest BCUT2D eigenvalue weighted by Gasteiger charge is 2.41. The lowest BCUT2D eigenvalue weighted by Crippen LogP contribution is -2.42. The number of carbonyl (C=O) groups is 3. The topological polar surface area (TPSA) is 68.6 Å². The van der Waals surface area contributed by atoms with Gasteiger partial charge in [0.05, 0.1) is 12.0 Å². The van der Waals surface area contributed by atoms with Crippen LogP contribution in [0.1, 0.15) is 43.8 Å². The molecule has 24 heavy (non-hydrogen) atoms. The molecule has 0 N–H and O–H groups in total. The SMILES string of the molecule is COC(=O)[C@H](C)N1C(=O)S/C(=C\c2cc(C)n(C(C)C)c2C)C1=O. The molecule has 2 rings (SSSR count). The molecule has 0 unspecified atom stereocenters. The Kier molecular flexibility index (Phi) is 5.22. The van der Waals surface area contributed by atoms with Crippen LogP contribution >= 0.6 is 11.8 Å². The molecule has 2 heterocycles. The van der Waals surface area contributed by atoms with Crippen molar-refractivity contribution in [3.8, 4) is 0 Å². The van der Waals surface area contributed by atoms with Crippen LogP contribution in [0.5, 0.6) is 0 Å². The summed E-state index contributed by atoms with van der Waals surface area (Å²) in [5, 5.41) is -0.457. The summed E-state index contributed by atoms with van der Waals surface area (Å²) in [5.41, 5.74) is 3.03. The molecule has 7 heteroatoms. The minimum atomic E-state index is -0.934. The summed E-state index contributed by atoms with van der Waals surface area (Å²) < 4.78 is 6.80. The van der Waals surface area contributed by atoms with Crippen molar-refractivity contribution in [3.05, 3.63) is 27.9 Å². The van der Waals surface area contributed by atoms with Crippen LogP contribution in [0.3, 0.4) is 0 Å². The third-order valence-corrected chi connectivity index (χ3v) is 4.96. The Bertz CT molecular complexity index is 733. The minimum absolute atomic E-state index is 0.307. The van der Waals surface area contributed by atoms with E-state index < -0.39 is 23.2 Å². The zero-order valence-electron chi connectivity index (χ0n) is 14.7. The Balaban J connectivity index is 2.36. The normalized spacial score (nSPS) is 18.0. The number of amides is 2. The molecule has 0 radical (unpaired) electrons. The van der Waals surface area contributed by atoms with Gasteiger partial charge in [0.25, 0.3) is 11.1 Å². The van der Waals surface area contributed by atoms with Crippen molar-refractivity contribution >= 4 is 35.0 Å². The average molecular weight is 350 g/mol. The van der Waals surface area contributed by atoms with Gasteiger partial charge in [-0.05, 0) is 64.1 Å².